The molecule has 4 rings (SSSR count). The van der Waals surface area contributed by atoms with Gasteiger partial charge in [-0.3, -0.25) is 0 Å². The van der Waals surface area contributed by atoms with Gasteiger partial charge in [-0.25, -0.2) is 4.39 Å². The summed E-state index contributed by atoms with van der Waals surface area (Å²) in [6.07, 6.45) is 3.05. The van der Waals surface area contributed by atoms with Crippen molar-refractivity contribution in [3.05, 3.63) is 59.0 Å². The predicted octanol–water partition coefficient (Wildman–Crippen LogP) is 5.40. The van der Waals surface area contributed by atoms with Crippen molar-refractivity contribution in [1.82, 2.24) is 4.57 Å². The molecule has 1 N–H and O–H groups in total. The molecule has 1 fully saturated rings. The van der Waals surface area contributed by atoms with Gasteiger partial charge in [-0.1, -0.05) is 31.5 Å². The van der Waals surface area contributed by atoms with Crippen molar-refractivity contribution in [1.29, 1.82) is 0 Å². The van der Waals surface area contributed by atoms with Crippen molar-refractivity contribution in [3.8, 4) is 5.69 Å². The van der Waals surface area contributed by atoms with Gasteiger partial charge < -0.3 is 14.6 Å². The number of aliphatic hydroxyl groups excluding tert-OH is 1. The number of benzene rings is 2. The first-order chi connectivity index (χ1) is 13.0. The molecule has 5 heteroatoms. The monoisotopic (exact) mass is 386 g/mol. The van der Waals surface area contributed by atoms with E-state index in [4.69, 9.17) is 11.6 Å². The van der Waals surface area contributed by atoms with Gasteiger partial charge in [-0.05, 0) is 48.6 Å². The lowest BCUT2D eigenvalue weighted by molar-refractivity contribution is 0.282. The van der Waals surface area contributed by atoms with Crippen LogP contribution in [-0.4, -0.2) is 22.8 Å². The maximum Gasteiger partial charge on any atom is 0.148 e. The predicted molar refractivity (Wildman–Crippen MR) is 109 cm³/mol. The number of halogens is 2. The Labute approximate surface area is 164 Å². The fourth-order valence-electron chi connectivity index (χ4n) is 4.50. The van der Waals surface area contributed by atoms with Gasteiger partial charge >= 0.3 is 0 Å². The number of fused-ring (bicyclic) bond motifs is 1. The normalized spacial score (nSPS) is 20.4. The number of aliphatic hydroxyl groups is 1. The van der Waals surface area contributed by atoms with Crippen molar-refractivity contribution < 1.29 is 9.50 Å². The summed E-state index contributed by atoms with van der Waals surface area (Å²) in [5.74, 6) is 0.879. The molecule has 0 unspecified atom stereocenters. The Hall–Kier alpha value is -2.04. The van der Waals surface area contributed by atoms with Crippen LogP contribution in [0, 0.1) is 17.7 Å². The maximum absolute atomic E-state index is 14.4. The first-order valence-electron chi connectivity index (χ1n) is 9.42. The van der Waals surface area contributed by atoms with Crippen LogP contribution in [0.15, 0.2) is 42.6 Å². The second-order valence-electron chi connectivity index (χ2n) is 7.76. The molecule has 2 aromatic carbocycles. The zero-order valence-corrected chi connectivity index (χ0v) is 16.4. The molecule has 3 nitrogen and oxygen atoms in total. The standard InChI is InChI=1S/C22H24ClFN2O/c1-14-10-15(2)12-25(11-14)20-6-7-21-16(17(20)13-27)8-9-26(21)22-18(23)4-3-5-19(22)24/h3-9,14-15,27H,10-13H2,1-2H3/t14-,15+. The van der Waals surface area contributed by atoms with Gasteiger partial charge in [0.25, 0.3) is 0 Å². The average Bonchev–Trinajstić information content (AvgIpc) is 3.04. The first-order valence-corrected chi connectivity index (χ1v) is 9.80. The summed E-state index contributed by atoms with van der Waals surface area (Å²) in [6.45, 7) is 6.47. The highest BCUT2D eigenvalue weighted by Crippen LogP contribution is 2.36. The van der Waals surface area contributed by atoms with Gasteiger partial charge in [0.2, 0.25) is 0 Å². The molecular formula is C22H24ClFN2O. The number of aromatic nitrogens is 1. The Kier molecular flexibility index (Phi) is 4.87. The van der Waals surface area contributed by atoms with Crippen LogP contribution >= 0.6 is 11.6 Å². The Balaban J connectivity index is 1.85. The molecule has 1 aliphatic rings. The van der Waals surface area contributed by atoms with Gasteiger partial charge in [0.15, 0.2) is 0 Å². The number of nitrogens with zero attached hydrogens (tertiary/aromatic N) is 2. The fourth-order valence-corrected chi connectivity index (χ4v) is 4.76. The lowest BCUT2D eigenvalue weighted by atomic mass is 9.91. The summed E-state index contributed by atoms with van der Waals surface area (Å²) >= 11 is 6.26. The van der Waals surface area contributed by atoms with Crippen molar-refractivity contribution in [2.45, 2.75) is 26.9 Å². The summed E-state index contributed by atoms with van der Waals surface area (Å²) in [5, 5.41) is 11.4. The molecule has 0 bridgehead atoms. The van der Waals surface area contributed by atoms with E-state index in [1.54, 1.807) is 16.7 Å². The van der Waals surface area contributed by atoms with E-state index in [0.717, 1.165) is 35.2 Å². The molecule has 0 saturated carbocycles. The van der Waals surface area contributed by atoms with Crippen molar-refractivity contribution in [2.75, 3.05) is 18.0 Å². The average molecular weight is 387 g/mol. The fraction of sp³-hybridized carbons (Fsp3) is 0.364. The van der Waals surface area contributed by atoms with Gasteiger partial charge in [0.05, 0.1) is 17.1 Å². The van der Waals surface area contributed by atoms with Crippen molar-refractivity contribution in [3.63, 3.8) is 0 Å². The molecular weight excluding hydrogens is 363 g/mol. The zero-order valence-electron chi connectivity index (χ0n) is 15.6. The van der Waals surface area contributed by atoms with Crippen LogP contribution < -0.4 is 4.90 Å². The Morgan fingerprint density at radius 2 is 1.85 bits per heavy atom. The molecule has 1 aliphatic heterocycles. The molecule has 142 valence electrons. The SMILES string of the molecule is C[C@@H]1C[C@H](C)CN(c2ccc3c(ccn3-c3c(F)cccc3Cl)c2CO)C1. The number of piperidine rings is 1. The molecule has 3 aromatic rings. The van der Waals surface area contributed by atoms with E-state index in [1.807, 2.05) is 24.4 Å². The maximum atomic E-state index is 14.4. The Bertz CT molecular complexity index is 954. The summed E-state index contributed by atoms with van der Waals surface area (Å²) in [4.78, 5) is 2.37. The van der Waals surface area contributed by atoms with Crippen LogP contribution in [0.1, 0.15) is 25.8 Å². The second-order valence-corrected chi connectivity index (χ2v) is 8.17. The highest BCUT2D eigenvalue weighted by molar-refractivity contribution is 6.32. The molecule has 0 amide bonds. The molecule has 0 aliphatic carbocycles. The van der Waals surface area contributed by atoms with E-state index in [0.29, 0.717) is 22.5 Å². The number of hydrogen-bond donors (Lipinski definition) is 1. The van der Waals surface area contributed by atoms with E-state index in [1.165, 1.54) is 12.5 Å². The summed E-state index contributed by atoms with van der Waals surface area (Å²) in [6, 6.07) is 10.7. The van der Waals surface area contributed by atoms with Gasteiger partial charge in [0, 0.05) is 35.9 Å². The second kappa shape index (κ2) is 7.17. The number of anilines is 1. The van der Waals surface area contributed by atoms with E-state index in [2.05, 4.69) is 18.7 Å². The number of hydrogen-bond acceptors (Lipinski definition) is 2. The van der Waals surface area contributed by atoms with E-state index in [9.17, 15) is 9.50 Å². The minimum absolute atomic E-state index is 0.0546. The summed E-state index contributed by atoms with van der Waals surface area (Å²) < 4.78 is 16.2. The minimum atomic E-state index is -0.367. The van der Waals surface area contributed by atoms with Crippen LogP contribution in [0.2, 0.25) is 5.02 Å². The first kappa shape index (κ1) is 18.3. The molecule has 1 saturated heterocycles. The highest BCUT2D eigenvalue weighted by Gasteiger charge is 2.25. The lowest BCUT2D eigenvalue weighted by Crippen LogP contribution is -2.39. The molecule has 2 atom stereocenters. The van der Waals surface area contributed by atoms with Crippen LogP contribution in [0.4, 0.5) is 10.1 Å². The summed E-state index contributed by atoms with van der Waals surface area (Å²) in [5.41, 5.74) is 3.14. The number of rotatable bonds is 3. The minimum Gasteiger partial charge on any atom is -0.392 e. The van der Waals surface area contributed by atoms with Crippen LogP contribution in [0.5, 0.6) is 0 Å². The number of para-hydroxylation sites is 1. The molecule has 1 aromatic heterocycles. The van der Waals surface area contributed by atoms with Crippen LogP contribution in [0.25, 0.3) is 16.6 Å². The van der Waals surface area contributed by atoms with Crippen LogP contribution in [-0.2, 0) is 6.61 Å². The zero-order chi connectivity index (χ0) is 19.1. The van der Waals surface area contributed by atoms with Crippen molar-refractivity contribution in [2.24, 2.45) is 11.8 Å². The third-order valence-corrected chi connectivity index (χ3v) is 5.81. The van der Waals surface area contributed by atoms with Gasteiger partial charge in [0.1, 0.15) is 11.5 Å². The Morgan fingerprint density at radius 1 is 1.11 bits per heavy atom. The van der Waals surface area contributed by atoms with Crippen LogP contribution in [0.3, 0.4) is 0 Å². The third-order valence-electron chi connectivity index (χ3n) is 5.51. The quantitative estimate of drug-likeness (QED) is 0.653. The molecule has 27 heavy (non-hydrogen) atoms. The summed E-state index contributed by atoms with van der Waals surface area (Å²) in [7, 11) is 0. The van der Waals surface area contributed by atoms with Gasteiger partial charge in [-0.15, -0.1) is 0 Å². The van der Waals surface area contributed by atoms with E-state index in [-0.39, 0.29) is 12.4 Å². The van der Waals surface area contributed by atoms with E-state index >= 15 is 0 Å². The van der Waals surface area contributed by atoms with Gasteiger partial charge in [-0.2, -0.15) is 0 Å². The topological polar surface area (TPSA) is 28.4 Å². The van der Waals surface area contributed by atoms with Crippen molar-refractivity contribution >= 4 is 28.2 Å². The lowest BCUT2D eigenvalue weighted by Gasteiger charge is -2.37. The third kappa shape index (κ3) is 3.21. The molecule has 2 heterocycles. The molecule has 0 radical (unpaired) electrons. The highest BCUT2D eigenvalue weighted by atomic mass is 35.5. The smallest absolute Gasteiger partial charge is 0.148 e. The van der Waals surface area contributed by atoms with E-state index < -0.39 is 0 Å². The molecule has 0 spiro atoms. The Morgan fingerprint density at radius 3 is 2.52 bits per heavy atom. The largest absolute Gasteiger partial charge is 0.392 e.